The zero-order chi connectivity index (χ0) is 19.8. The van der Waals surface area contributed by atoms with Gasteiger partial charge in [-0.1, -0.05) is 24.3 Å². The molecule has 0 aliphatic carbocycles. The molecule has 4 aromatic rings. The van der Waals surface area contributed by atoms with E-state index in [1.54, 1.807) is 36.7 Å². The minimum Gasteiger partial charge on any atom is -0.337 e. The number of nitrogens with zero attached hydrogens (tertiary/aromatic N) is 4. The average molecular weight is 385 g/mol. The zero-order valence-corrected chi connectivity index (χ0v) is 15.3. The number of aromatic amines is 1. The van der Waals surface area contributed by atoms with E-state index in [2.05, 4.69) is 20.1 Å². The molecule has 0 spiro atoms. The maximum atomic E-state index is 13.4. The van der Waals surface area contributed by atoms with Crippen LogP contribution in [0.1, 0.15) is 34.2 Å². The summed E-state index contributed by atoms with van der Waals surface area (Å²) in [5, 5.41) is 6.05. The van der Waals surface area contributed by atoms with E-state index in [0.717, 1.165) is 16.6 Å². The van der Waals surface area contributed by atoms with Crippen LogP contribution in [0.5, 0.6) is 0 Å². The van der Waals surface area contributed by atoms with Crippen LogP contribution in [0.15, 0.2) is 78.2 Å². The third kappa shape index (κ3) is 3.16. The second kappa shape index (κ2) is 6.94. The van der Waals surface area contributed by atoms with Crippen LogP contribution in [0.2, 0.25) is 0 Å². The Morgan fingerprint density at radius 2 is 1.79 bits per heavy atom. The number of hydrogen-bond donors (Lipinski definition) is 1. The number of imidazole rings is 1. The number of halogens is 1. The number of carbonyl (C=O) groups excluding carboxylic acids is 1. The highest BCUT2D eigenvalue weighted by molar-refractivity contribution is 6.04. The summed E-state index contributed by atoms with van der Waals surface area (Å²) < 4.78 is 13.4. The van der Waals surface area contributed by atoms with Gasteiger partial charge >= 0.3 is 0 Å². The van der Waals surface area contributed by atoms with Crippen molar-refractivity contribution in [1.29, 1.82) is 0 Å². The van der Waals surface area contributed by atoms with Gasteiger partial charge in [-0.25, -0.2) is 14.4 Å². The fourth-order valence-corrected chi connectivity index (χ4v) is 3.50. The number of hydrogen-bond acceptors (Lipinski definition) is 4. The number of rotatable bonds is 3. The summed E-state index contributed by atoms with van der Waals surface area (Å²) in [5.74, 6) is 0.0633. The molecule has 7 heteroatoms. The number of amides is 1. The molecule has 2 aromatic heterocycles. The fourth-order valence-electron chi connectivity index (χ4n) is 3.50. The Morgan fingerprint density at radius 3 is 2.55 bits per heavy atom. The molecule has 3 heterocycles. The van der Waals surface area contributed by atoms with Gasteiger partial charge in [0.05, 0.1) is 17.1 Å². The lowest BCUT2D eigenvalue weighted by Gasteiger charge is -2.22. The van der Waals surface area contributed by atoms with Gasteiger partial charge in [-0.2, -0.15) is 5.10 Å². The van der Waals surface area contributed by atoms with Crippen molar-refractivity contribution in [3.05, 3.63) is 95.8 Å². The summed E-state index contributed by atoms with van der Waals surface area (Å²) in [4.78, 5) is 25.0. The van der Waals surface area contributed by atoms with Gasteiger partial charge in [0.2, 0.25) is 0 Å². The molecule has 0 radical (unpaired) electrons. The number of H-pyrrole nitrogens is 1. The first kappa shape index (κ1) is 17.2. The van der Waals surface area contributed by atoms with E-state index in [1.807, 2.05) is 24.3 Å². The summed E-state index contributed by atoms with van der Waals surface area (Å²) in [5.41, 5.74) is 3.72. The Hall–Kier alpha value is -3.87. The largest absolute Gasteiger partial charge is 0.337 e. The standard InChI is InChI=1S/C22H16FN5O/c23-16-7-5-14(6-8-16)20-13-19(21-25-17-3-1-2-4-18(17)26-21)27-28(20)22(29)15-9-11-24-12-10-15/h1-12,20H,13H2,(H,25,26). The van der Waals surface area contributed by atoms with Gasteiger partial charge in [0, 0.05) is 24.4 Å². The van der Waals surface area contributed by atoms with Crippen molar-refractivity contribution in [2.45, 2.75) is 12.5 Å². The molecule has 1 aliphatic heterocycles. The Bertz CT molecular complexity index is 1180. The summed E-state index contributed by atoms with van der Waals surface area (Å²) in [6.45, 7) is 0. The molecule has 142 valence electrons. The number of benzene rings is 2. The SMILES string of the molecule is O=C(c1ccncc1)N1N=C(c2nc3ccccc3[nH]2)CC1c1ccc(F)cc1. The zero-order valence-electron chi connectivity index (χ0n) is 15.3. The number of carbonyl (C=O) groups is 1. The highest BCUT2D eigenvalue weighted by Crippen LogP contribution is 2.33. The van der Waals surface area contributed by atoms with E-state index >= 15 is 0 Å². The van der Waals surface area contributed by atoms with Crippen LogP contribution in [0.3, 0.4) is 0 Å². The van der Waals surface area contributed by atoms with Crippen molar-refractivity contribution >= 4 is 22.7 Å². The maximum absolute atomic E-state index is 13.4. The second-order valence-corrected chi connectivity index (χ2v) is 6.81. The lowest BCUT2D eigenvalue weighted by atomic mass is 10.0. The van der Waals surface area contributed by atoms with Crippen LogP contribution in [0.25, 0.3) is 11.0 Å². The van der Waals surface area contributed by atoms with Crippen LogP contribution in [0, 0.1) is 5.82 Å². The Kier molecular flexibility index (Phi) is 4.13. The van der Waals surface area contributed by atoms with E-state index in [1.165, 1.54) is 17.1 Å². The highest BCUT2D eigenvalue weighted by Gasteiger charge is 2.34. The Labute approximate surface area is 165 Å². The van der Waals surface area contributed by atoms with Crippen molar-refractivity contribution in [1.82, 2.24) is 20.0 Å². The number of pyridine rings is 1. The molecule has 1 amide bonds. The first-order valence-corrected chi connectivity index (χ1v) is 9.21. The smallest absolute Gasteiger partial charge is 0.274 e. The summed E-state index contributed by atoms with van der Waals surface area (Å²) >= 11 is 0. The number of nitrogens with one attached hydrogen (secondary N) is 1. The van der Waals surface area contributed by atoms with Gasteiger partial charge in [-0.05, 0) is 42.0 Å². The molecule has 5 rings (SSSR count). The van der Waals surface area contributed by atoms with Gasteiger partial charge in [0.15, 0.2) is 5.82 Å². The van der Waals surface area contributed by atoms with Crippen LogP contribution < -0.4 is 0 Å². The van der Waals surface area contributed by atoms with E-state index < -0.39 is 0 Å². The normalized spacial score (nSPS) is 16.2. The maximum Gasteiger partial charge on any atom is 0.274 e. The van der Waals surface area contributed by atoms with Gasteiger partial charge in [-0.3, -0.25) is 9.78 Å². The van der Waals surface area contributed by atoms with Crippen molar-refractivity contribution in [3.63, 3.8) is 0 Å². The molecular formula is C22H16FN5O. The number of fused-ring (bicyclic) bond motifs is 1. The van der Waals surface area contributed by atoms with E-state index in [-0.39, 0.29) is 17.8 Å². The lowest BCUT2D eigenvalue weighted by molar-refractivity contribution is 0.0711. The molecule has 0 saturated heterocycles. The minimum atomic E-state index is -0.348. The number of aromatic nitrogens is 3. The molecule has 0 bridgehead atoms. The molecule has 1 atom stereocenters. The molecule has 2 aromatic carbocycles. The van der Waals surface area contributed by atoms with E-state index in [9.17, 15) is 9.18 Å². The van der Waals surface area contributed by atoms with E-state index in [4.69, 9.17) is 0 Å². The molecule has 1 N–H and O–H groups in total. The molecule has 1 unspecified atom stereocenters. The molecule has 0 saturated carbocycles. The van der Waals surface area contributed by atoms with Gasteiger partial charge in [-0.15, -0.1) is 0 Å². The van der Waals surface area contributed by atoms with Crippen LogP contribution >= 0.6 is 0 Å². The Balaban J connectivity index is 1.56. The van der Waals surface area contributed by atoms with Gasteiger partial charge < -0.3 is 4.98 Å². The highest BCUT2D eigenvalue weighted by atomic mass is 19.1. The molecule has 0 fully saturated rings. The van der Waals surface area contributed by atoms with Crippen molar-refractivity contribution in [2.24, 2.45) is 5.10 Å². The van der Waals surface area contributed by atoms with Crippen molar-refractivity contribution < 1.29 is 9.18 Å². The van der Waals surface area contributed by atoms with Crippen LogP contribution in [-0.2, 0) is 0 Å². The lowest BCUT2D eigenvalue weighted by Crippen LogP contribution is -2.27. The number of hydrazone groups is 1. The first-order chi connectivity index (χ1) is 14.2. The fraction of sp³-hybridized carbons (Fsp3) is 0.0909. The third-order valence-corrected chi connectivity index (χ3v) is 4.96. The monoisotopic (exact) mass is 385 g/mol. The second-order valence-electron chi connectivity index (χ2n) is 6.81. The topological polar surface area (TPSA) is 74.2 Å². The predicted molar refractivity (Wildman–Crippen MR) is 107 cm³/mol. The Morgan fingerprint density at radius 1 is 1.03 bits per heavy atom. The van der Waals surface area contributed by atoms with Crippen LogP contribution in [0.4, 0.5) is 4.39 Å². The molecular weight excluding hydrogens is 369 g/mol. The van der Waals surface area contributed by atoms with Crippen LogP contribution in [-0.4, -0.2) is 31.6 Å². The third-order valence-electron chi connectivity index (χ3n) is 4.96. The number of para-hydroxylation sites is 2. The summed E-state index contributed by atoms with van der Waals surface area (Å²) in [6, 6.07) is 16.8. The van der Waals surface area contributed by atoms with Gasteiger partial charge in [0.1, 0.15) is 11.5 Å². The molecule has 29 heavy (non-hydrogen) atoms. The quantitative estimate of drug-likeness (QED) is 0.577. The van der Waals surface area contributed by atoms with Crippen molar-refractivity contribution in [2.75, 3.05) is 0 Å². The summed E-state index contributed by atoms with van der Waals surface area (Å²) in [7, 11) is 0. The minimum absolute atomic E-state index is 0.243. The summed E-state index contributed by atoms with van der Waals surface area (Å²) in [6.07, 6.45) is 3.61. The molecule has 1 aliphatic rings. The first-order valence-electron chi connectivity index (χ1n) is 9.21. The van der Waals surface area contributed by atoms with Gasteiger partial charge in [0.25, 0.3) is 5.91 Å². The average Bonchev–Trinajstić information content (AvgIpc) is 3.39. The van der Waals surface area contributed by atoms with Crippen molar-refractivity contribution in [3.8, 4) is 0 Å². The predicted octanol–water partition coefficient (Wildman–Crippen LogP) is 4.09. The van der Waals surface area contributed by atoms with E-state index in [0.29, 0.717) is 23.5 Å². The molecule has 6 nitrogen and oxygen atoms in total.